The van der Waals surface area contributed by atoms with Crippen LogP contribution in [-0.2, 0) is 0 Å². The fraction of sp³-hybridized carbons (Fsp3) is 0.189. The molecule has 1 aliphatic rings. The summed E-state index contributed by atoms with van der Waals surface area (Å²) in [5.41, 5.74) is 22.3. The number of carbonyl (C=O) groups is 2. The molecule has 0 saturated heterocycles. The quantitative estimate of drug-likeness (QED) is 0.0679. The minimum Gasteiger partial charge on any atom is -0.382 e. The highest BCUT2D eigenvalue weighted by Crippen LogP contribution is 2.40. The van der Waals surface area contributed by atoms with Gasteiger partial charge in [-0.3, -0.25) is 18.4 Å². The van der Waals surface area contributed by atoms with Crippen molar-refractivity contribution in [3.8, 4) is 10.6 Å². The molecule has 0 saturated carbocycles. The number of amides is 2. The summed E-state index contributed by atoms with van der Waals surface area (Å²) in [5, 5.41) is 16.6. The zero-order valence-electron chi connectivity index (χ0n) is 41.3. The maximum absolute atomic E-state index is 12.5. The van der Waals surface area contributed by atoms with Crippen LogP contribution < -0.4 is 38.1 Å². The van der Waals surface area contributed by atoms with E-state index in [1.54, 1.807) is 84.0 Å². The van der Waals surface area contributed by atoms with E-state index in [4.69, 9.17) is 11.5 Å². The van der Waals surface area contributed by atoms with Crippen LogP contribution in [0.25, 0.3) is 26.8 Å². The average molecular weight is 997 g/mol. The summed E-state index contributed by atoms with van der Waals surface area (Å²) in [6.45, 7) is 18.1. The first kappa shape index (κ1) is 52.2. The number of hydrogen-bond acceptors (Lipinski definition) is 14. The lowest BCUT2D eigenvalue weighted by Gasteiger charge is -2.15. The Kier molecular flexibility index (Phi) is 18.3. The molecule has 7 aromatic heterocycles. The number of allylic oxidation sites excluding steroid dienone is 1. The first-order valence-corrected chi connectivity index (χ1v) is 25.0. The molecule has 18 heteroatoms. The van der Waals surface area contributed by atoms with Crippen molar-refractivity contribution in [2.24, 2.45) is 0 Å². The molecule has 8 heterocycles. The van der Waals surface area contributed by atoms with Gasteiger partial charge < -0.3 is 38.1 Å². The number of thioether (sulfide) groups is 1. The topological polar surface area (TPSA) is 220 Å². The summed E-state index contributed by atoms with van der Waals surface area (Å²) in [7, 11) is 0. The number of pyridine rings is 4. The SMILES string of the molecule is CC.CC.CC.CC1=C(c2c(C)nc3ccccn23)SC(Nc2ccc(C(=O)Nc3cccnc3N)cc2)N1.Cc1nc2ccccn2c1-c1cnc(Nc2ccc(C(=O)Nc3cccnc3N)cc2)s1.[HH].[HH].[HH].[HH]. The van der Waals surface area contributed by atoms with Crippen LogP contribution in [0.15, 0.2) is 146 Å². The van der Waals surface area contributed by atoms with E-state index in [9.17, 15) is 9.59 Å². The number of carbonyl (C=O) groups excluding carboxylic acids is 2. The van der Waals surface area contributed by atoms with Crippen molar-refractivity contribution in [3.05, 3.63) is 174 Å². The van der Waals surface area contributed by atoms with Crippen molar-refractivity contribution in [2.75, 3.05) is 32.7 Å². The van der Waals surface area contributed by atoms with Gasteiger partial charge in [-0.15, -0.1) is 0 Å². The Bertz CT molecular complexity index is 3260. The second kappa shape index (κ2) is 24.9. The van der Waals surface area contributed by atoms with Gasteiger partial charge in [-0.05, 0) is 118 Å². The van der Waals surface area contributed by atoms with E-state index in [0.29, 0.717) is 22.5 Å². The fourth-order valence-corrected chi connectivity index (χ4v) is 9.36. The van der Waals surface area contributed by atoms with Crippen LogP contribution in [0.4, 0.5) is 39.5 Å². The highest BCUT2D eigenvalue weighted by Gasteiger charge is 2.27. The first-order valence-electron chi connectivity index (χ1n) is 23.3. The van der Waals surface area contributed by atoms with Crippen molar-refractivity contribution in [1.29, 1.82) is 0 Å². The van der Waals surface area contributed by atoms with E-state index in [2.05, 4.69) is 67.2 Å². The van der Waals surface area contributed by atoms with Gasteiger partial charge in [0.25, 0.3) is 11.8 Å². The summed E-state index contributed by atoms with van der Waals surface area (Å²) < 4.78 is 4.18. The van der Waals surface area contributed by atoms with Gasteiger partial charge in [0.05, 0.1) is 43.9 Å². The summed E-state index contributed by atoms with van der Waals surface area (Å²) in [4.78, 5) is 48.9. The smallest absolute Gasteiger partial charge is 0.255 e. The van der Waals surface area contributed by atoms with Crippen LogP contribution in [0.2, 0.25) is 0 Å². The van der Waals surface area contributed by atoms with Crippen LogP contribution in [0.1, 0.15) is 92.0 Å². The molecule has 9 N–H and O–H groups in total. The third-order valence-electron chi connectivity index (χ3n) is 10.3. The summed E-state index contributed by atoms with van der Waals surface area (Å²) >= 11 is 3.26. The van der Waals surface area contributed by atoms with Gasteiger partial charge in [-0.25, -0.2) is 24.9 Å². The predicted molar refractivity (Wildman–Crippen MR) is 304 cm³/mol. The molecule has 2 amide bonds. The van der Waals surface area contributed by atoms with Gasteiger partial charge in [-0.2, -0.15) is 0 Å². The number of aromatic nitrogens is 7. The maximum Gasteiger partial charge on any atom is 0.255 e. The van der Waals surface area contributed by atoms with Crippen LogP contribution in [0.3, 0.4) is 0 Å². The summed E-state index contributed by atoms with van der Waals surface area (Å²) in [6, 6.07) is 33.3. The number of nitrogen functional groups attached to an aromatic ring is 2. The number of thiazole rings is 1. The molecule has 10 rings (SSSR count). The number of aryl methyl sites for hydroxylation is 2. The molecule has 0 aliphatic carbocycles. The van der Waals surface area contributed by atoms with Gasteiger partial charge in [0.15, 0.2) is 5.13 Å². The zero-order valence-corrected chi connectivity index (χ0v) is 42.9. The minimum atomic E-state index is -0.254. The molecular formula is C53H68N14O2S2. The van der Waals surface area contributed by atoms with Crippen molar-refractivity contribution in [2.45, 2.75) is 67.8 Å². The van der Waals surface area contributed by atoms with Crippen LogP contribution >= 0.6 is 23.1 Å². The number of rotatable bonds is 10. The van der Waals surface area contributed by atoms with E-state index in [0.717, 1.165) is 66.1 Å². The number of fused-ring (bicyclic) bond motifs is 2. The van der Waals surface area contributed by atoms with Crippen molar-refractivity contribution >= 4 is 90.6 Å². The number of hydrogen-bond donors (Lipinski definition) is 7. The average Bonchev–Trinajstić information content (AvgIpc) is 4.18. The lowest BCUT2D eigenvalue weighted by Crippen LogP contribution is -2.27. The largest absolute Gasteiger partial charge is 0.382 e. The number of anilines is 7. The maximum atomic E-state index is 12.5. The summed E-state index contributed by atoms with van der Waals surface area (Å²) in [5.74, 6) is 0.0710. The van der Waals surface area contributed by atoms with Crippen LogP contribution in [0, 0.1) is 13.8 Å². The lowest BCUT2D eigenvalue weighted by atomic mass is 10.2. The van der Waals surface area contributed by atoms with Crippen LogP contribution in [-0.4, -0.2) is 51.0 Å². The molecule has 374 valence electrons. The van der Waals surface area contributed by atoms with Crippen molar-refractivity contribution in [1.82, 2.24) is 39.0 Å². The normalized spacial score (nSPS) is 12.4. The molecule has 2 aromatic carbocycles. The molecule has 1 unspecified atom stereocenters. The Balaban J connectivity index is 0.000000446. The Labute approximate surface area is 428 Å². The molecule has 0 fully saturated rings. The molecule has 16 nitrogen and oxygen atoms in total. The van der Waals surface area contributed by atoms with E-state index < -0.39 is 0 Å². The zero-order chi connectivity index (χ0) is 51.0. The summed E-state index contributed by atoms with van der Waals surface area (Å²) in [6.07, 6.45) is 9.04. The molecule has 0 radical (unpaired) electrons. The molecule has 0 spiro atoms. The highest BCUT2D eigenvalue weighted by molar-refractivity contribution is 8.09. The number of benzene rings is 2. The van der Waals surface area contributed by atoms with Crippen molar-refractivity contribution < 1.29 is 15.3 Å². The third kappa shape index (κ3) is 12.5. The molecule has 1 aliphatic heterocycles. The minimum absolute atomic E-state index is 0. The number of nitrogens with zero attached hydrogens (tertiary/aromatic N) is 7. The fourth-order valence-electron chi connectivity index (χ4n) is 7.17. The molecule has 1 atom stereocenters. The van der Waals surface area contributed by atoms with Crippen molar-refractivity contribution in [3.63, 3.8) is 0 Å². The van der Waals surface area contributed by atoms with Gasteiger partial charge in [-0.1, -0.05) is 76.8 Å². The van der Waals surface area contributed by atoms with Crippen LogP contribution in [0.5, 0.6) is 0 Å². The Hall–Kier alpha value is -8.22. The molecule has 0 bridgehead atoms. The monoisotopic (exact) mass is 997 g/mol. The number of nitrogens with one attached hydrogen (secondary N) is 5. The number of imidazole rings is 2. The second-order valence-corrected chi connectivity index (χ2v) is 16.9. The predicted octanol–water partition coefficient (Wildman–Crippen LogP) is 13.1. The lowest BCUT2D eigenvalue weighted by molar-refractivity contribution is 0.101. The second-order valence-electron chi connectivity index (χ2n) is 14.8. The van der Waals surface area contributed by atoms with E-state index in [-0.39, 0.29) is 34.7 Å². The Morgan fingerprint density at radius 2 is 1.11 bits per heavy atom. The van der Waals surface area contributed by atoms with Gasteiger partial charge in [0.2, 0.25) is 0 Å². The molecule has 9 aromatic rings. The van der Waals surface area contributed by atoms with Gasteiger partial charge in [0, 0.05) is 64.9 Å². The molecule has 71 heavy (non-hydrogen) atoms. The van der Waals surface area contributed by atoms with Gasteiger partial charge >= 0.3 is 0 Å². The molecular weight excluding hydrogens is 929 g/mol. The Morgan fingerprint density at radius 1 is 0.620 bits per heavy atom. The first-order chi connectivity index (χ1) is 34.6. The van der Waals surface area contributed by atoms with E-state index >= 15 is 0 Å². The van der Waals surface area contributed by atoms with E-state index in [1.165, 1.54) is 0 Å². The third-order valence-corrected chi connectivity index (χ3v) is 12.4. The standard InChI is InChI=1S/C24H23N7OS.C23H19N7OS.3C2H6.4H2/c1-14-20(31-13-4-3-7-19(31)27-14)21-15(2)28-24(33-21)29-17-10-8-16(9-11-17)23(32)30-18-6-5-12-26-22(18)25;1-14-20(30-12-3-2-6-19(30)27-14)18-13-26-23(32-18)28-16-9-7-15(8-10-16)22(31)29-17-5-4-11-25-21(17)24;3*1-2;;;;/h3-13,24,28-29H,1-2H3,(H2,25,26)(H,30,32);2-13H,1H3,(H2,24,25)(H,26,28)(H,29,31);3*1-2H3;4*1H. The highest BCUT2D eigenvalue weighted by atomic mass is 32.2. The Morgan fingerprint density at radius 3 is 1.63 bits per heavy atom. The van der Waals surface area contributed by atoms with Gasteiger partial charge in [0.1, 0.15) is 28.4 Å². The van der Waals surface area contributed by atoms with E-state index in [1.807, 2.05) is 135 Å². The number of nitrogens with two attached hydrogens (primary N) is 2.